The maximum absolute atomic E-state index is 13.1. The van der Waals surface area contributed by atoms with Crippen LogP contribution >= 0.6 is 0 Å². The van der Waals surface area contributed by atoms with Crippen molar-refractivity contribution < 1.29 is 21.6 Å². The average molecular weight is 472 g/mol. The van der Waals surface area contributed by atoms with Crippen molar-refractivity contribution in [3.05, 3.63) is 35.4 Å². The molecule has 3 rings (SSSR count). The predicted octanol–water partition coefficient (Wildman–Crippen LogP) is 4.13. The third-order valence-corrected chi connectivity index (χ3v) is 6.02. The number of alkyl halides is 3. The van der Waals surface area contributed by atoms with Crippen LogP contribution in [-0.2, 0) is 16.2 Å². The molecule has 1 atom stereocenters. The van der Waals surface area contributed by atoms with E-state index >= 15 is 0 Å². The minimum Gasteiger partial charge on any atom is -0.364 e. The number of halogens is 3. The SMILES string of the molecule is Cc1cc(-c2ccc(C(F)(F)F)cc2NS(C)(=O)=O)nnc1N[C@@H]1CCCN(C(C)C)C1. The molecule has 1 saturated heterocycles. The molecule has 0 radical (unpaired) electrons. The van der Waals surface area contributed by atoms with Gasteiger partial charge in [-0.2, -0.15) is 13.2 Å². The number of rotatable bonds is 6. The molecule has 32 heavy (non-hydrogen) atoms. The van der Waals surface area contributed by atoms with Gasteiger partial charge in [-0.3, -0.25) is 9.62 Å². The first-order valence-electron chi connectivity index (χ1n) is 10.4. The molecule has 7 nitrogen and oxygen atoms in total. The van der Waals surface area contributed by atoms with Crippen LogP contribution in [0.2, 0.25) is 0 Å². The van der Waals surface area contributed by atoms with E-state index < -0.39 is 21.8 Å². The van der Waals surface area contributed by atoms with Gasteiger partial charge in [0.2, 0.25) is 10.0 Å². The summed E-state index contributed by atoms with van der Waals surface area (Å²) in [7, 11) is -3.80. The number of benzene rings is 1. The maximum atomic E-state index is 13.1. The van der Waals surface area contributed by atoms with E-state index in [9.17, 15) is 21.6 Å². The molecular formula is C21H28F3N5O2S. The van der Waals surface area contributed by atoms with Crippen molar-refractivity contribution in [3.63, 3.8) is 0 Å². The molecule has 2 N–H and O–H groups in total. The van der Waals surface area contributed by atoms with Crippen LogP contribution in [0.4, 0.5) is 24.7 Å². The lowest BCUT2D eigenvalue weighted by atomic mass is 10.0. The smallest absolute Gasteiger partial charge is 0.364 e. The minimum absolute atomic E-state index is 0.198. The molecule has 1 aliphatic heterocycles. The summed E-state index contributed by atoms with van der Waals surface area (Å²) in [5.74, 6) is 0.605. The molecule has 1 aromatic carbocycles. The number of nitrogens with zero attached hydrogens (tertiary/aromatic N) is 3. The lowest BCUT2D eigenvalue weighted by Crippen LogP contribution is -2.45. The fraction of sp³-hybridized carbons (Fsp3) is 0.524. The predicted molar refractivity (Wildman–Crippen MR) is 119 cm³/mol. The summed E-state index contributed by atoms with van der Waals surface area (Å²) >= 11 is 0. The number of piperidine rings is 1. The van der Waals surface area contributed by atoms with E-state index in [1.807, 2.05) is 6.92 Å². The Bertz CT molecular complexity index is 1070. The first kappa shape index (κ1) is 24.2. The molecule has 2 heterocycles. The van der Waals surface area contributed by atoms with Crippen molar-refractivity contribution in [1.82, 2.24) is 15.1 Å². The average Bonchev–Trinajstić information content (AvgIpc) is 2.68. The summed E-state index contributed by atoms with van der Waals surface area (Å²) in [6.07, 6.45) is -1.64. The third kappa shape index (κ3) is 6.10. The van der Waals surface area contributed by atoms with Crippen LogP contribution in [0.15, 0.2) is 24.3 Å². The van der Waals surface area contributed by atoms with Gasteiger partial charge in [-0.15, -0.1) is 10.2 Å². The molecular weight excluding hydrogens is 443 g/mol. The fourth-order valence-corrected chi connectivity index (χ4v) is 4.34. The van der Waals surface area contributed by atoms with Crippen LogP contribution in [0.1, 0.15) is 37.8 Å². The van der Waals surface area contributed by atoms with Gasteiger partial charge in [-0.1, -0.05) is 6.07 Å². The number of hydrogen-bond acceptors (Lipinski definition) is 6. The quantitative estimate of drug-likeness (QED) is 0.659. The van der Waals surface area contributed by atoms with Crippen molar-refractivity contribution in [2.75, 3.05) is 29.4 Å². The van der Waals surface area contributed by atoms with Gasteiger partial charge in [-0.25, -0.2) is 8.42 Å². The van der Waals surface area contributed by atoms with Gasteiger partial charge in [0, 0.05) is 24.2 Å². The number of nitrogens with one attached hydrogen (secondary N) is 2. The zero-order valence-corrected chi connectivity index (χ0v) is 19.3. The van der Waals surface area contributed by atoms with Crippen molar-refractivity contribution in [2.45, 2.75) is 51.9 Å². The van der Waals surface area contributed by atoms with Crippen molar-refractivity contribution in [2.24, 2.45) is 0 Å². The summed E-state index contributed by atoms with van der Waals surface area (Å²) < 4.78 is 65.0. The van der Waals surface area contributed by atoms with Gasteiger partial charge < -0.3 is 5.32 Å². The van der Waals surface area contributed by atoms with Gasteiger partial charge in [0.1, 0.15) is 0 Å². The van der Waals surface area contributed by atoms with Crippen LogP contribution in [0.25, 0.3) is 11.3 Å². The lowest BCUT2D eigenvalue weighted by molar-refractivity contribution is -0.137. The molecule has 0 amide bonds. The molecule has 0 spiro atoms. The highest BCUT2D eigenvalue weighted by Crippen LogP contribution is 2.36. The molecule has 176 valence electrons. The Morgan fingerprint density at radius 3 is 2.50 bits per heavy atom. The highest BCUT2D eigenvalue weighted by molar-refractivity contribution is 7.92. The van der Waals surface area contributed by atoms with Crippen LogP contribution in [0, 0.1) is 6.92 Å². The first-order valence-corrected chi connectivity index (χ1v) is 12.3. The largest absolute Gasteiger partial charge is 0.416 e. The van der Waals surface area contributed by atoms with Crippen LogP contribution in [-0.4, -0.2) is 54.9 Å². The number of sulfonamides is 1. The van der Waals surface area contributed by atoms with Gasteiger partial charge in [0.25, 0.3) is 0 Å². The van der Waals surface area contributed by atoms with E-state index in [4.69, 9.17) is 0 Å². The Labute approximate surface area is 186 Å². The molecule has 1 aliphatic rings. The van der Waals surface area contributed by atoms with Gasteiger partial charge in [0.15, 0.2) is 5.82 Å². The molecule has 1 fully saturated rings. The van der Waals surface area contributed by atoms with Crippen LogP contribution in [0.5, 0.6) is 0 Å². The molecule has 0 bridgehead atoms. The topological polar surface area (TPSA) is 87.2 Å². The monoisotopic (exact) mass is 471 g/mol. The van der Waals surface area contributed by atoms with E-state index in [0.717, 1.165) is 49.9 Å². The Balaban J connectivity index is 1.89. The van der Waals surface area contributed by atoms with E-state index in [1.54, 1.807) is 6.07 Å². The summed E-state index contributed by atoms with van der Waals surface area (Å²) in [6, 6.07) is 5.23. The highest BCUT2D eigenvalue weighted by atomic mass is 32.2. The molecule has 1 aromatic heterocycles. The molecule has 11 heteroatoms. The normalized spacial score (nSPS) is 18.1. The van der Waals surface area contributed by atoms with E-state index in [-0.39, 0.29) is 23.0 Å². The van der Waals surface area contributed by atoms with Crippen molar-refractivity contribution >= 4 is 21.5 Å². The zero-order valence-electron chi connectivity index (χ0n) is 18.5. The second-order valence-electron chi connectivity index (χ2n) is 8.47. The number of likely N-dealkylation sites (tertiary alicyclic amines) is 1. The van der Waals surface area contributed by atoms with Crippen molar-refractivity contribution in [3.8, 4) is 11.3 Å². The summed E-state index contributed by atoms with van der Waals surface area (Å²) in [4.78, 5) is 2.39. The summed E-state index contributed by atoms with van der Waals surface area (Å²) in [6.45, 7) is 8.10. The Hall–Kier alpha value is -2.40. The standard InChI is InChI=1S/C21H28F3N5O2S/c1-13(2)29-9-5-6-16(12-29)25-20-14(3)10-18(26-27-20)17-8-7-15(21(22,23)24)11-19(17)28-32(4,30)31/h7-8,10-11,13,16,28H,5-6,9,12H2,1-4H3,(H,25,27)/t16-/m1/s1. The third-order valence-electron chi connectivity index (χ3n) is 5.43. The first-order chi connectivity index (χ1) is 14.8. The van der Waals surface area contributed by atoms with Crippen LogP contribution < -0.4 is 10.0 Å². The van der Waals surface area contributed by atoms with Gasteiger partial charge >= 0.3 is 6.18 Å². The molecule has 0 saturated carbocycles. The van der Waals surface area contributed by atoms with Gasteiger partial charge in [0.05, 0.1) is 23.2 Å². The Kier molecular flexibility index (Phi) is 6.99. The fourth-order valence-electron chi connectivity index (χ4n) is 3.77. The summed E-state index contributed by atoms with van der Waals surface area (Å²) in [5, 5.41) is 11.8. The van der Waals surface area contributed by atoms with E-state index in [2.05, 4.69) is 39.0 Å². The maximum Gasteiger partial charge on any atom is 0.416 e. The second kappa shape index (κ2) is 9.22. The molecule has 2 aromatic rings. The molecule has 0 aliphatic carbocycles. The summed E-state index contributed by atoms with van der Waals surface area (Å²) in [5.41, 5.74) is 0.107. The van der Waals surface area contributed by atoms with E-state index in [0.29, 0.717) is 11.9 Å². The minimum atomic E-state index is -4.61. The van der Waals surface area contributed by atoms with Gasteiger partial charge in [-0.05, 0) is 63.9 Å². The Morgan fingerprint density at radius 2 is 1.91 bits per heavy atom. The van der Waals surface area contributed by atoms with Crippen LogP contribution in [0.3, 0.4) is 0 Å². The number of aromatic nitrogens is 2. The Morgan fingerprint density at radius 1 is 1.19 bits per heavy atom. The van der Waals surface area contributed by atoms with E-state index in [1.165, 1.54) is 6.07 Å². The lowest BCUT2D eigenvalue weighted by Gasteiger charge is -2.36. The van der Waals surface area contributed by atoms with Crippen molar-refractivity contribution in [1.29, 1.82) is 0 Å². The molecule has 0 unspecified atom stereocenters. The second-order valence-corrected chi connectivity index (χ2v) is 10.2. The zero-order chi connectivity index (χ0) is 23.7. The number of anilines is 2. The number of aryl methyl sites for hydroxylation is 1. The highest BCUT2D eigenvalue weighted by Gasteiger charge is 2.31. The number of hydrogen-bond donors (Lipinski definition) is 2.